The minimum atomic E-state index is -2.03. The lowest BCUT2D eigenvalue weighted by molar-refractivity contribution is -0.248. The van der Waals surface area contributed by atoms with Gasteiger partial charge >= 0.3 is 0 Å². The van der Waals surface area contributed by atoms with E-state index >= 15 is 0 Å². The summed E-state index contributed by atoms with van der Waals surface area (Å²) in [5.41, 5.74) is 8.55. The Balaban J connectivity index is 0.00000370. The summed E-state index contributed by atoms with van der Waals surface area (Å²) in [6, 6.07) is 3.65. The molecule has 0 amide bonds. The molecule has 216 valence electrons. The van der Waals surface area contributed by atoms with Gasteiger partial charge in [-0.2, -0.15) is 0 Å². The molecule has 0 radical (unpaired) electrons. The highest BCUT2D eigenvalue weighted by atomic mass is 35.5. The van der Waals surface area contributed by atoms with E-state index in [2.05, 4.69) is 0 Å². The summed E-state index contributed by atoms with van der Waals surface area (Å²) < 4.78 is 17.1. The number of fused-ring (bicyclic) bond motifs is 3. The predicted octanol–water partition coefficient (Wildman–Crippen LogP) is 0.389. The molecule has 12 nitrogen and oxygen atoms in total. The van der Waals surface area contributed by atoms with E-state index in [1.807, 2.05) is 0 Å². The Kier molecular flexibility index (Phi) is 8.00. The van der Waals surface area contributed by atoms with Crippen LogP contribution in [0, 0.1) is 0 Å². The van der Waals surface area contributed by atoms with Crippen molar-refractivity contribution in [2.75, 3.05) is 13.7 Å². The van der Waals surface area contributed by atoms with Crippen LogP contribution in [0.4, 0.5) is 0 Å². The van der Waals surface area contributed by atoms with Gasteiger partial charge in [0.25, 0.3) is 0 Å². The molecule has 0 aromatic heterocycles. The second kappa shape index (κ2) is 10.7. The van der Waals surface area contributed by atoms with E-state index in [1.165, 1.54) is 32.2 Å². The standard InChI is InChI=1S/C27H30N2O10.ClH/c1-10(30)27(36)7-12-19(15(8-27)38-17-6-13(29)24(33)16(9-28)39-17)26(35)21-20(23(12)32)22(31)11-4-3-5-14(37-2)18(11)25(21)34;/h3-5,13,15-17,24,32-33,35-36H,6-9,28-29H2,1-2H3;1H. The first kappa shape index (κ1) is 29.9. The number of halogens is 1. The number of methoxy groups -OCH3 is 1. The van der Waals surface area contributed by atoms with E-state index in [9.17, 15) is 34.8 Å². The Morgan fingerprint density at radius 3 is 2.45 bits per heavy atom. The molecule has 13 heteroatoms. The van der Waals surface area contributed by atoms with Crippen LogP contribution in [-0.4, -0.2) is 81.6 Å². The Labute approximate surface area is 235 Å². The van der Waals surface area contributed by atoms with Gasteiger partial charge in [0.15, 0.2) is 17.9 Å². The summed E-state index contributed by atoms with van der Waals surface area (Å²) in [4.78, 5) is 39.7. The molecule has 1 heterocycles. The van der Waals surface area contributed by atoms with Crippen molar-refractivity contribution in [3.05, 3.63) is 51.6 Å². The van der Waals surface area contributed by atoms with Crippen LogP contribution < -0.4 is 16.2 Å². The molecule has 1 fully saturated rings. The van der Waals surface area contributed by atoms with E-state index < -0.39 is 82.6 Å². The Morgan fingerprint density at radius 1 is 1.15 bits per heavy atom. The van der Waals surface area contributed by atoms with Crippen LogP contribution in [-0.2, 0) is 20.7 Å². The number of ketones is 3. The fourth-order valence-corrected chi connectivity index (χ4v) is 5.74. The molecule has 1 saturated heterocycles. The Bertz CT molecular complexity index is 1400. The summed E-state index contributed by atoms with van der Waals surface area (Å²) in [7, 11) is 1.33. The molecule has 2 aromatic carbocycles. The molecular weight excluding hydrogens is 548 g/mol. The van der Waals surface area contributed by atoms with Crippen molar-refractivity contribution in [2.45, 2.75) is 62.4 Å². The zero-order valence-corrected chi connectivity index (χ0v) is 22.6. The summed E-state index contributed by atoms with van der Waals surface area (Å²) >= 11 is 0. The Morgan fingerprint density at radius 2 is 1.82 bits per heavy atom. The molecule has 0 spiro atoms. The van der Waals surface area contributed by atoms with Gasteiger partial charge in [0, 0.05) is 48.5 Å². The average molecular weight is 579 g/mol. The fourth-order valence-electron chi connectivity index (χ4n) is 5.74. The highest BCUT2D eigenvalue weighted by Crippen LogP contribution is 2.52. The molecule has 0 saturated carbocycles. The molecule has 6 atom stereocenters. The highest BCUT2D eigenvalue weighted by Gasteiger charge is 2.49. The van der Waals surface area contributed by atoms with Crippen LogP contribution in [0.1, 0.15) is 68.8 Å². The molecule has 2 aromatic rings. The minimum absolute atomic E-state index is 0. The number of carbonyl (C=O) groups is 3. The molecular formula is C27H31ClN2O10. The van der Waals surface area contributed by atoms with Crippen molar-refractivity contribution in [2.24, 2.45) is 11.5 Å². The number of hydrogen-bond donors (Lipinski definition) is 6. The molecule has 1 aliphatic heterocycles. The number of aromatic hydroxyl groups is 2. The van der Waals surface area contributed by atoms with Crippen molar-refractivity contribution in [1.29, 1.82) is 0 Å². The van der Waals surface area contributed by atoms with Crippen LogP contribution in [0.25, 0.3) is 0 Å². The lowest BCUT2D eigenvalue weighted by atomic mass is 9.72. The van der Waals surface area contributed by atoms with Crippen LogP contribution in [0.5, 0.6) is 17.2 Å². The first-order valence-electron chi connectivity index (χ1n) is 12.5. The zero-order valence-electron chi connectivity index (χ0n) is 21.7. The second-order valence-electron chi connectivity index (χ2n) is 10.2. The van der Waals surface area contributed by atoms with Gasteiger partial charge in [0.2, 0.25) is 5.78 Å². The van der Waals surface area contributed by atoms with Gasteiger partial charge in [0.1, 0.15) is 29.0 Å². The van der Waals surface area contributed by atoms with E-state index in [4.69, 9.17) is 25.7 Å². The summed E-state index contributed by atoms with van der Waals surface area (Å²) in [6.07, 6.45) is -5.03. The average Bonchev–Trinajstić information content (AvgIpc) is 2.90. The maximum absolute atomic E-state index is 13.7. The number of hydrogen-bond acceptors (Lipinski definition) is 12. The third kappa shape index (κ3) is 4.45. The van der Waals surface area contributed by atoms with E-state index in [0.29, 0.717) is 0 Å². The van der Waals surface area contributed by atoms with Crippen LogP contribution in [0.2, 0.25) is 0 Å². The van der Waals surface area contributed by atoms with Gasteiger partial charge in [-0.25, -0.2) is 0 Å². The maximum Gasteiger partial charge on any atom is 0.202 e. The number of benzene rings is 2. The van der Waals surface area contributed by atoms with Crippen molar-refractivity contribution in [1.82, 2.24) is 0 Å². The first-order chi connectivity index (χ1) is 18.4. The lowest BCUT2D eigenvalue weighted by Gasteiger charge is -2.42. The highest BCUT2D eigenvalue weighted by molar-refractivity contribution is 6.31. The van der Waals surface area contributed by atoms with Gasteiger partial charge in [-0.15, -0.1) is 12.4 Å². The van der Waals surface area contributed by atoms with Crippen molar-refractivity contribution >= 4 is 29.8 Å². The molecule has 3 aliphatic rings. The Hall–Kier alpha value is -3.10. The van der Waals surface area contributed by atoms with Crippen molar-refractivity contribution in [3.8, 4) is 17.2 Å². The smallest absolute Gasteiger partial charge is 0.202 e. The number of ether oxygens (including phenoxy) is 3. The number of rotatable bonds is 5. The predicted molar refractivity (Wildman–Crippen MR) is 141 cm³/mol. The molecule has 2 aliphatic carbocycles. The largest absolute Gasteiger partial charge is 0.507 e. The number of Topliss-reactive ketones (excluding diaryl/α,β-unsaturated/α-hetero) is 1. The molecule has 0 bridgehead atoms. The van der Waals surface area contributed by atoms with Crippen molar-refractivity contribution < 1.29 is 49.0 Å². The van der Waals surface area contributed by atoms with Gasteiger partial charge in [-0.1, -0.05) is 12.1 Å². The number of aliphatic hydroxyl groups is 2. The number of nitrogens with two attached hydrogens (primary N) is 2. The monoisotopic (exact) mass is 578 g/mol. The molecule has 40 heavy (non-hydrogen) atoms. The van der Waals surface area contributed by atoms with Gasteiger partial charge in [-0.3, -0.25) is 14.4 Å². The van der Waals surface area contributed by atoms with Gasteiger partial charge in [-0.05, 0) is 13.0 Å². The summed E-state index contributed by atoms with van der Waals surface area (Å²) in [5, 5.41) is 44.3. The normalized spacial score (nSPS) is 29.1. The SMILES string of the molecule is COc1cccc2c1C(=O)c1c(O)c3c(c(O)c1C2=O)CC(O)(C(C)=O)CC3OC1CC(N)C(O)C(CN)O1.Cl. The topological polar surface area (TPSA) is 212 Å². The summed E-state index contributed by atoms with van der Waals surface area (Å²) in [6.45, 7) is 1.10. The van der Waals surface area contributed by atoms with Crippen LogP contribution in [0.3, 0.4) is 0 Å². The number of phenols is 2. The minimum Gasteiger partial charge on any atom is -0.507 e. The van der Waals surface area contributed by atoms with E-state index in [-0.39, 0.29) is 59.8 Å². The third-order valence-corrected chi connectivity index (χ3v) is 7.89. The van der Waals surface area contributed by atoms with E-state index in [0.717, 1.165) is 0 Å². The molecule has 8 N–H and O–H groups in total. The zero-order chi connectivity index (χ0) is 28.4. The number of carbonyl (C=O) groups excluding carboxylic acids is 3. The second-order valence-corrected chi connectivity index (χ2v) is 10.2. The van der Waals surface area contributed by atoms with Gasteiger partial charge in [0.05, 0.1) is 36.0 Å². The number of aliphatic hydroxyl groups excluding tert-OH is 1. The van der Waals surface area contributed by atoms with E-state index in [1.54, 1.807) is 0 Å². The molecule has 5 rings (SSSR count). The number of phenolic OH excluding ortho intramolecular Hbond substituents is 2. The van der Waals surface area contributed by atoms with Crippen molar-refractivity contribution in [3.63, 3.8) is 0 Å². The summed E-state index contributed by atoms with van der Waals surface area (Å²) in [5.74, 6) is -3.27. The first-order valence-corrected chi connectivity index (χ1v) is 12.5. The maximum atomic E-state index is 13.7. The van der Waals surface area contributed by atoms with Gasteiger partial charge < -0.3 is 46.1 Å². The fraction of sp³-hybridized carbons (Fsp3) is 0.444. The van der Waals surface area contributed by atoms with Crippen LogP contribution in [0.15, 0.2) is 18.2 Å². The lowest BCUT2D eigenvalue weighted by Crippen LogP contribution is -2.55. The quantitative estimate of drug-likeness (QED) is 0.227. The third-order valence-electron chi connectivity index (χ3n) is 7.89. The molecule has 6 unspecified atom stereocenters. The van der Waals surface area contributed by atoms with Crippen LogP contribution >= 0.6 is 12.4 Å².